The van der Waals surface area contributed by atoms with Crippen LogP contribution in [0.4, 0.5) is 0 Å². The Morgan fingerprint density at radius 1 is 1.37 bits per heavy atom. The number of nitrogens with one attached hydrogen (secondary N) is 1. The molecule has 2 aromatic rings. The molecule has 1 atom stereocenters. The molecule has 0 saturated carbocycles. The number of hydrogen-bond acceptors (Lipinski definition) is 5. The lowest BCUT2D eigenvalue weighted by Gasteiger charge is -2.09. The summed E-state index contributed by atoms with van der Waals surface area (Å²) in [5.41, 5.74) is 1.94. The van der Waals surface area contributed by atoms with Gasteiger partial charge in [-0.05, 0) is 26.3 Å². The summed E-state index contributed by atoms with van der Waals surface area (Å²) < 4.78 is 7.19. The van der Waals surface area contributed by atoms with E-state index in [-0.39, 0.29) is 6.04 Å². The van der Waals surface area contributed by atoms with E-state index in [1.54, 1.807) is 6.20 Å². The third-order valence-electron chi connectivity index (χ3n) is 3.78. The van der Waals surface area contributed by atoms with Crippen molar-refractivity contribution >= 4 is 0 Å². The molecule has 0 aliphatic carbocycles. The zero-order valence-electron chi connectivity index (χ0n) is 11.4. The Hall–Kier alpha value is -1.69. The quantitative estimate of drug-likeness (QED) is 0.895. The van der Waals surface area contributed by atoms with Crippen LogP contribution in [0.15, 0.2) is 10.7 Å². The molecule has 1 aliphatic rings. The minimum atomic E-state index is 0.219. The molecular weight excluding hydrogens is 242 g/mol. The van der Waals surface area contributed by atoms with Gasteiger partial charge in [-0.15, -0.1) is 0 Å². The largest absolute Gasteiger partial charge is 0.334 e. The first-order valence-electron chi connectivity index (χ1n) is 6.81. The zero-order chi connectivity index (χ0) is 13.2. The van der Waals surface area contributed by atoms with Crippen LogP contribution in [0, 0.1) is 6.92 Å². The highest BCUT2D eigenvalue weighted by molar-refractivity contribution is 5.54. The minimum Gasteiger partial charge on any atom is -0.334 e. The van der Waals surface area contributed by atoms with Crippen molar-refractivity contribution in [1.82, 2.24) is 25.2 Å². The number of aromatic nitrogens is 4. The molecule has 1 aliphatic heterocycles. The smallest absolute Gasteiger partial charge is 0.261 e. The maximum Gasteiger partial charge on any atom is 0.261 e. The van der Waals surface area contributed by atoms with E-state index < -0.39 is 0 Å². The van der Waals surface area contributed by atoms with Gasteiger partial charge in [0.25, 0.3) is 5.89 Å². The SMILES string of the molecule is Cc1c(-c2nc(C3CCCCCN3)no2)cnn1C. The van der Waals surface area contributed by atoms with E-state index in [9.17, 15) is 0 Å². The van der Waals surface area contributed by atoms with Gasteiger partial charge in [0.1, 0.15) is 0 Å². The topological polar surface area (TPSA) is 68.8 Å². The van der Waals surface area contributed by atoms with Crippen molar-refractivity contribution in [1.29, 1.82) is 0 Å². The van der Waals surface area contributed by atoms with Crippen LogP contribution in [0.25, 0.3) is 11.5 Å². The summed E-state index contributed by atoms with van der Waals surface area (Å²) in [7, 11) is 1.91. The predicted octanol–water partition coefficient (Wildman–Crippen LogP) is 1.98. The molecule has 1 N–H and O–H groups in total. The highest BCUT2D eigenvalue weighted by Crippen LogP contribution is 2.25. The zero-order valence-corrected chi connectivity index (χ0v) is 11.4. The average molecular weight is 261 g/mol. The average Bonchev–Trinajstić information content (AvgIpc) is 2.90. The van der Waals surface area contributed by atoms with E-state index in [1.165, 1.54) is 19.3 Å². The van der Waals surface area contributed by atoms with Crippen LogP contribution in [-0.2, 0) is 7.05 Å². The van der Waals surface area contributed by atoms with Gasteiger partial charge in [0.15, 0.2) is 5.82 Å². The normalized spacial score (nSPS) is 20.4. The number of rotatable bonds is 2. The van der Waals surface area contributed by atoms with Crippen LogP contribution in [0.2, 0.25) is 0 Å². The molecule has 0 bridgehead atoms. The molecule has 0 amide bonds. The summed E-state index contributed by atoms with van der Waals surface area (Å²) in [5, 5.41) is 11.8. The first kappa shape index (κ1) is 12.3. The maximum atomic E-state index is 5.38. The molecule has 0 radical (unpaired) electrons. The predicted molar refractivity (Wildman–Crippen MR) is 70.4 cm³/mol. The van der Waals surface area contributed by atoms with Gasteiger partial charge in [0.05, 0.1) is 17.8 Å². The molecule has 6 heteroatoms. The summed E-state index contributed by atoms with van der Waals surface area (Å²) in [6, 6.07) is 0.219. The Morgan fingerprint density at radius 2 is 2.26 bits per heavy atom. The van der Waals surface area contributed by atoms with Crippen LogP contribution in [0.1, 0.15) is 43.2 Å². The molecule has 3 rings (SSSR count). The standard InChI is InChI=1S/C13H19N5O/c1-9-10(8-15-18(9)2)13-16-12(17-19-13)11-6-4-3-5-7-14-11/h8,11,14H,3-7H2,1-2H3. The molecule has 1 fully saturated rings. The van der Waals surface area contributed by atoms with Crippen molar-refractivity contribution in [2.45, 2.75) is 38.6 Å². The van der Waals surface area contributed by atoms with Gasteiger partial charge >= 0.3 is 0 Å². The second-order valence-electron chi connectivity index (χ2n) is 5.08. The third-order valence-corrected chi connectivity index (χ3v) is 3.78. The second kappa shape index (κ2) is 5.13. The van der Waals surface area contributed by atoms with Gasteiger partial charge in [-0.25, -0.2) is 0 Å². The van der Waals surface area contributed by atoms with E-state index in [0.717, 1.165) is 30.0 Å². The second-order valence-corrected chi connectivity index (χ2v) is 5.08. The third kappa shape index (κ3) is 2.40. The van der Waals surface area contributed by atoms with Crippen molar-refractivity contribution in [3.05, 3.63) is 17.7 Å². The monoisotopic (exact) mass is 261 g/mol. The van der Waals surface area contributed by atoms with Crippen molar-refractivity contribution in [3.8, 4) is 11.5 Å². The van der Waals surface area contributed by atoms with E-state index >= 15 is 0 Å². The summed E-state index contributed by atoms with van der Waals surface area (Å²) >= 11 is 0. The molecule has 2 aromatic heterocycles. The lowest BCUT2D eigenvalue weighted by atomic mass is 10.1. The van der Waals surface area contributed by atoms with Crippen LogP contribution in [0.5, 0.6) is 0 Å². The van der Waals surface area contributed by atoms with Crippen molar-refractivity contribution in [2.24, 2.45) is 7.05 Å². The van der Waals surface area contributed by atoms with Gasteiger partial charge in [-0.1, -0.05) is 18.0 Å². The molecule has 6 nitrogen and oxygen atoms in total. The van der Waals surface area contributed by atoms with Crippen LogP contribution in [0.3, 0.4) is 0 Å². The van der Waals surface area contributed by atoms with E-state index in [4.69, 9.17) is 4.52 Å². The maximum absolute atomic E-state index is 5.38. The van der Waals surface area contributed by atoms with Crippen LogP contribution in [-0.4, -0.2) is 26.5 Å². The summed E-state index contributed by atoms with van der Waals surface area (Å²) in [5.74, 6) is 1.33. The Labute approximate surface area is 112 Å². The van der Waals surface area contributed by atoms with Gasteiger partial charge in [-0.2, -0.15) is 10.1 Å². The first-order valence-corrected chi connectivity index (χ1v) is 6.81. The molecule has 0 aromatic carbocycles. The lowest BCUT2D eigenvalue weighted by molar-refractivity contribution is 0.402. The van der Waals surface area contributed by atoms with Gasteiger partial charge < -0.3 is 9.84 Å². The Kier molecular flexibility index (Phi) is 3.33. The van der Waals surface area contributed by atoms with E-state index in [1.807, 2.05) is 18.7 Å². The molecule has 3 heterocycles. The Balaban J connectivity index is 1.84. The van der Waals surface area contributed by atoms with Crippen molar-refractivity contribution < 1.29 is 4.52 Å². The lowest BCUT2D eigenvalue weighted by Crippen LogP contribution is -2.21. The molecule has 1 unspecified atom stereocenters. The fraction of sp³-hybridized carbons (Fsp3) is 0.615. The molecule has 102 valence electrons. The summed E-state index contributed by atoms with van der Waals surface area (Å²) in [6.45, 7) is 3.02. The Morgan fingerprint density at radius 3 is 3.05 bits per heavy atom. The fourth-order valence-electron chi connectivity index (χ4n) is 2.44. The van der Waals surface area contributed by atoms with Crippen molar-refractivity contribution in [2.75, 3.05) is 6.54 Å². The molecular formula is C13H19N5O. The minimum absolute atomic E-state index is 0.219. The molecule has 1 saturated heterocycles. The summed E-state index contributed by atoms with van der Waals surface area (Å²) in [6.07, 6.45) is 6.56. The number of aryl methyl sites for hydroxylation is 1. The van der Waals surface area contributed by atoms with Crippen LogP contribution < -0.4 is 5.32 Å². The summed E-state index contributed by atoms with van der Waals surface area (Å²) in [4.78, 5) is 4.53. The Bertz CT molecular complexity index is 551. The first-order chi connectivity index (χ1) is 9.25. The van der Waals surface area contributed by atoms with Gasteiger partial charge in [0.2, 0.25) is 0 Å². The number of nitrogens with zero attached hydrogens (tertiary/aromatic N) is 4. The van der Waals surface area contributed by atoms with Gasteiger partial charge in [0, 0.05) is 12.7 Å². The van der Waals surface area contributed by atoms with E-state index in [0.29, 0.717) is 5.89 Å². The highest BCUT2D eigenvalue weighted by Gasteiger charge is 2.21. The van der Waals surface area contributed by atoms with Crippen molar-refractivity contribution in [3.63, 3.8) is 0 Å². The number of hydrogen-bond donors (Lipinski definition) is 1. The van der Waals surface area contributed by atoms with Crippen LogP contribution >= 0.6 is 0 Å². The molecule has 19 heavy (non-hydrogen) atoms. The fourth-order valence-corrected chi connectivity index (χ4v) is 2.44. The van der Waals surface area contributed by atoms with Gasteiger partial charge in [-0.3, -0.25) is 4.68 Å². The highest BCUT2D eigenvalue weighted by atomic mass is 16.5. The molecule has 0 spiro atoms. The van der Waals surface area contributed by atoms with E-state index in [2.05, 4.69) is 20.6 Å².